The van der Waals surface area contributed by atoms with Gasteiger partial charge in [0.05, 0.1) is 0 Å². The van der Waals surface area contributed by atoms with Crippen molar-refractivity contribution in [3.05, 3.63) is 71.4 Å². The van der Waals surface area contributed by atoms with Crippen LogP contribution in [-0.4, -0.2) is 28.6 Å². The molecule has 2 N–H and O–H groups in total. The maximum atomic E-state index is 9.77. The number of benzene rings is 2. The SMILES string of the molecule is C1=Cc2[nH]c3ccccc3c2CC1.CC.CC.CCCCCN(C)C(C)c1ccccc1O. The maximum Gasteiger partial charge on any atom is 0.120 e. The van der Waals surface area contributed by atoms with Crippen molar-refractivity contribution in [1.29, 1.82) is 0 Å². The molecule has 1 aliphatic rings. The van der Waals surface area contributed by atoms with Crippen LogP contribution in [0, 0.1) is 0 Å². The minimum atomic E-state index is 0.276. The number of para-hydroxylation sites is 2. The summed E-state index contributed by atoms with van der Waals surface area (Å²) in [6.07, 6.45) is 10.5. The maximum absolute atomic E-state index is 9.77. The summed E-state index contributed by atoms with van der Waals surface area (Å²) in [4.78, 5) is 5.73. The highest BCUT2D eigenvalue weighted by Crippen LogP contribution is 2.28. The molecule has 1 heterocycles. The molecule has 0 bridgehead atoms. The van der Waals surface area contributed by atoms with Gasteiger partial charge in [-0.2, -0.15) is 0 Å². The summed E-state index contributed by atoms with van der Waals surface area (Å²) in [5, 5.41) is 11.2. The third-order valence-corrected chi connectivity index (χ3v) is 5.85. The number of phenols is 1. The highest BCUT2D eigenvalue weighted by atomic mass is 16.3. The second kappa shape index (κ2) is 16.1. The molecule has 1 atom stereocenters. The lowest BCUT2D eigenvalue weighted by atomic mass is 10.0. The topological polar surface area (TPSA) is 39.3 Å². The molecular weight excluding hydrogens is 404 g/mol. The Bertz CT molecular complexity index is 941. The molecule has 3 nitrogen and oxygen atoms in total. The Balaban J connectivity index is 0.000000290. The number of aromatic hydroxyl groups is 1. The zero-order valence-electron chi connectivity index (χ0n) is 22.0. The first-order valence-corrected chi connectivity index (χ1v) is 12.9. The molecule has 0 radical (unpaired) electrons. The van der Waals surface area contributed by atoms with Crippen molar-refractivity contribution in [2.75, 3.05) is 13.6 Å². The third-order valence-electron chi connectivity index (χ3n) is 5.85. The lowest BCUT2D eigenvalue weighted by Crippen LogP contribution is -2.23. The van der Waals surface area contributed by atoms with Gasteiger partial charge in [0, 0.05) is 28.2 Å². The standard InChI is InChI=1S/C14H23NO.C12H11N.2C2H6/c1-4-5-8-11-15(3)12(2)13-9-6-7-10-14(13)16;1-3-7-11-9(5-1)10-6-2-4-8-12(10)13-11;2*1-2/h6-7,9-10,12,16H,4-5,8,11H2,1-3H3;1,3-5,7-8,13H,2,6H2;2*1-2H3. The molecule has 1 aromatic heterocycles. The molecule has 3 heteroatoms. The number of aromatic nitrogens is 1. The molecule has 0 saturated carbocycles. The van der Waals surface area contributed by atoms with Crippen molar-refractivity contribution < 1.29 is 5.11 Å². The molecule has 0 amide bonds. The average Bonchev–Trinajstić information content (AvgIpc) is 3.26. The van der Waals surface area contributed by atoms with Crippen LogP contribution in [0.2, 0.25) is 0 Å². The van der Waals surface area contributed by atoms with Crippen molar-refractivity contribution in [1.82, 2.24) is 9.88 Å². The van der Waals surface area contributed by atoms with Gasteiger partial charge in [0.1, 0.15) is 5.75 Å². The summed E-state index contributed by atoms with van der Waals surface area (Å²) in [6, 6.07) is 16.4. The smallest absolute Gasteiger partial charge is 0.120 e. The van der Waals surface area contributed by atoms with E-state index in [-0.39, 0.29) is 6.04 Å². The number of unbranched alkanes of at least 4 members (excludes halogenated alkanes) is 2. The van der Waals surface area contributed by atoms with Gasteiger partial charge in [-0.25, -0.2) is 0 Å². The fourth-order valence-corrected chi connectivity index (χ4v) is 3.94. The highest BCUT2D eigenvalue weighted by Gasteiger charge is 2.14. The molecule has 0 saturated heterocycles. The highest BCUT2D eigenvalue weighted by molar-refractivity contribution is 5.87. The Labute approximate surface area is 202 Å². The van der Waals surface area contributed by atoms with Gasteiger partial charge in [-0.15, -0.1) is 0 Å². The average molecular weight is 451 g/mol. The van der Waals surface area contributed by atoms with Crippen LogP contribution in [0.4, 0.5) is 0 Å². The zero-order chi connectivity index (χ0) is 24.6. The molecule has 0 aliphatic heterocycles. The van der Waals surface area contributed by atoms with Gasteiger partial charge in [0.2, 0.25) is 0 Å². The van der Waals surface area contributed by atoms with Crippen molar-refractivity contribution in [2.24, 2.45) is 0 Å². The van der Waals surface area contributed by atoms with Crippen molar-refractivity contribution >= 4 is 17.0 Å². The first-order chi connectivity index (χ1) is 16.1. The van der Waals surface area contributed by atoms with Gasteiger partial charge in [-0.1, -0.05) is 89.9 Å². The second-order valence-corrected chi connectivity index (χ2v) is 7.93. The number of H-pyrrole nitrogens is 1. The van der Waals surface area contributed by atoms with E-state index >= 15 is 0 Å². The van der Waals surface area contributed by atoms with E-state index in [4.69, 9.17) is 0 Å². The fourth-order valence-electron chi connectivity index (χ4n) is 3.94. The Hall–Kier alpha value is -2.52. The predicted molar refractivity (Wildman–Crippen MR) is 147 cm³/mol. The van der Waals surface area contributed by atoms with E-state index in [1.807, 2.05) is 45.9 Å². The quantitative estimate of drug-likeness (QED) is 0.368. The van der Waals surface area contributed by atoms with Crippen LogP contribution in [-0.2, 0) is 6.42 Å². The summed E-state index contributed by atoms with van der Waals surface area (Å²) in [5.74, 6) is 0.400. The number of nitrogens with one attached hydrogen (secondary N) is 1. The molecule has 4 rings (SSSR count). The van der Waals surface area contributed by atoms with Crippen molar-refractivity contribution in [3.8, 4) is 5.75 Å². The van der Waals surface area contributed by atoms with E-state index in [1.54, 1.807) is 6.07 Å². The number of phenolic OH excluding ortho intramolecular Hbond substituents is 1. The predicted octanol–water partition coefficient (Wildman–Crippen LogP) is 8.75. The minimum absolute atomic E-state index is 0.276. The van der Waals surface area contributed by atoms with Crippen molar-refractivity contribution in [3.63, 3.8) is 0 Å². The third kappa shape index (κ3) is 8.40. The molecule has 1 aliphatic carbocycles. The van der Waals surface area contributed by atoms with E-state index in [2.05, 4.69) is 67.2 Å². The molecule has 0 spiro atoms. The summed E-state index contributed by atoms with van der Waals surface area (Å²) < 4.78 is 0. The van der Waals surface area contributed by atoms with Crippen LogP contribution in [0.3, 0.4) is 0 Å². The lowest BCUT2D eigenvalue weighted by Gasteiger charge is -2.25. The van der Waals surface area contributed by atoms with Crippen LogP contribution < -0.4 is 0 Å². The van der Waals surface area contributed by atoms with Gasteiger partial charge in [0.15, 0.2) is 0 Å². The van der Waals surface area contributed by atoms with Crippen LogP contribution in [0.5, 0.6) is 5.75 Å². The van der Waals surface area contributed by atoms with Crippen LogP contribution in [0.1, 0.15) is 90.1 Å². The van der Waals surface area contributed by atoms with Gasteiger partial charge in [0.25, 0.3) is 0 Å². The molecule has 33 heavy (non-hydrogen) atoms. The number of nitrogens with zero attached hydrogens (tertiary/aromatic N) is 1. The fraction of sp³-hybridized carbons (Fsp3) is 0.467. The van der Waals surface area contributed by atoms with E-state index < -0.39 is 0 Å². The molecule has 0 fully saturated rings. The normalized spacial score (nSPS) is 12.5. The van der Waals surface area contributed by atoms with E-state index in [0.717, 1.165) is 12.1 Å². The Morgan fingerprint density at radius 3 is 2.33 bits per heavy atom. The monoisotopic (exact) mass is 450 g/mol. The summed E-state index contributed by atoms with van der Waals surface area (Å²) in [5.41, 5.74) is 5.06. The van der Waals surface area contributed by atoms with E-state index in [1.165, 1.54) is 54.3 Å². The number of aromatic amines is 1. The minimum Gasteiger partial charge on any atom is -0.508 e. The number of allylic oxidation sites excluding steroid dienone is 1. The number of aryl methyl sites for hydroxylation is 1. The van der Waals surface area contributed by atoms with Crippen LogP contribution >= 0.6 is 0 Å². The van der Waals surface area contributed by atoms with Crippen molar-refractivity contribution in [2.45, 2.75) is 79.7 Å². The molecular formula is C30H46N2O. The van der Waals surface area contributed by atoms with Gasteiger partial charge in [-0.3, -0.25) is 4.90 Å². The largest absolute Gasteiger partial charge is 0.508 e. The molecule has 182 valence electrons. The first kappa shape index (κ1) is 28.5. The second-order valence-electron chi connectivity index (χ2n) is 7.93. The number of hydrogen-bond donors (Lipinski definition) is 2. The van der Waals surface area contributed by atoms with Crippen LogP contribution in [0.25, 0.3) is 17.0 Å². The first-order valence-electron chi connectivity index (χ1n) is 12.9. The van der Waals surface area contributed by atoms with Gasteiger partial charge < -0.3 is 10.1 Å². The number of hydrogen-bond acceptors (Lipinski definition) is 2. The number of fused-ring (bicyclic) bond motifs is 3. The van der Waals surface area contributed by atoms with E-state index in [0.29, 0.717) is 5.75 Å². The van der Waals surface area contributed by atoms with E-state index in [9.17, 15) is 5.11 Å². The number of rotatable bonds is 6. The molecule has 2 aromatic carbocycles. The summed E-state index contributed by atoms with van der Waals surface area (Å²) >= 11 is 0. The molecule has 3 aromatic rings. The lowest BCUT2D eigenvalue weighted by molar-refractivity contribution is 0.251. The zero-order valence-corrected chi connectivity index (χ0v) is 22.0. The van der Waals surface area contributed by atoms with Gasteiger partial charge in [-0.05, 0) is 63.6 Å². The summed E-state index contributed by atoms with van der Waals surface area (Å²) in [6.45, 7) is 13.4. The molecule has 1 unspecified atom stereocenters. The Morgan fingerprint density at radius 2 is 1.64 bits per heavy atom. The Morgan fingerprint density at radius 1 is 0.970 bits per heavy atom. The Kier molecular flexibility index (Phi) is 14.0. The summed E-state index contributed by atoms with van der Waals surface area (Å²) in [7, 11) is 2.12. The van der Waals surface area contributed by atoms with Gasteiger partial charge >= 0.3 is 0 Å². The van der Waals surface area contributed by atoms with Crippen LogP contribution in [0.15, 0.2) is 54.6 Å².